The van der Waals surface area contributed by atoms with Crippen molar-refractivity contribution in [1.82, 2.24) is 15.5 Å². The zero-order chi connectivity index (χ0) is 27.3. The van der Waals surface area contributed by atoms with Crippen LogP contribution in [0.5, 0.6) is 5.75 Å². The number of carbonyl (C=O) groups is 3. The van der Waals surface area contributed by atoms with E-state index in [1.807, 2.05) is 37.3 Å². The number of nitrogens with zero attached hydrogens (tertiary/aromatic N) is 1. The summed E-state index contributed by atoms with van der Waals surface area (Å²) < 4.78 is -0.343. The molecule has 1 heterocycles. The molecule has 3 amide bonds. The first-order valence-electron chi connectivity index (χ1n) is 13.3. The van der Waals surface area contributed by atoms with Gasteiger partial charge in [0, 0.05) is 22.4 Å². The molecular formula is C29H37N3O5S. The summed E-state index contributed by atoms with van der Waals surface area (Å²) in [6, 6.07) is 12.4. The molecule has 4 rings (SSSR count). The Hall–Kier alpha value is -3.04. The minimum atomic E-state index is -1.56. The first kappa shape index (κ1) is 28.0. The number of thioether (sulfide) groups is 1. The highest BCUT2D eigenvalue weighted by molar-refractivity contribution is 8.01. The lowest BCUT2D eigenvalue weighted by Gasteiger charge is -2.35. The van der Waals surface area contributed by atoms with Crippen LogP contribution in [-0.2, 0) is 16.0 Å². The summed E-state index contributed by atoms with van der Waals surface area (Å²) >= 11 is 1.62. The molecule has 1 aliphatic carbocycles. The number of aliphatic hydroxyl groups excluding tert-OH is 1. The zero-order valence-electron chi connectivity index (χ0n) is 22.0. The average Bonchev–Trinajstić information content (AvgIpc) is 3.55. The van der Waals surface area contributed by atoms with Crippen LogP contribution in [0.2, 0.25) is 0 Å². The fraction of sp³-hybridized carbons (Fsp3) is 0.483. The smallest absolute Gasteiger partial charge is 0.254 e. The van der Waals surface area contributed by atoms with E-state index < -0.39 is 30.0 Å². The fourth-order valence-corrected chi connectivity index (χ4v) is 7.15. The molecule has 2 fully saturated rings. The van der Waals surface area contributed by atoms with E-state index in [1.54, 1.807) is 30.8 Å². The molecule has 0 bridgehead atoms. The number of phenolic OH excluding ortho intramolecular Hbond substituents is 1. The molecule has 4 N–H and O–H groups in total. The van der Waals surface area contributed by atoms with Crippen molar-refractivity contribution in [3.05, 3.63) is 65.2 Å². The van der Waals surface area contributed by atoms with Crippen LogP contribution < -0.4 is 10.6 Å². The molecule has 1 aliphatic heterocycles. The summed E-state index contributed by atoms with van der Waals surface area (Å²) in [5.41, 5.74) is 1.52. The van der Waals surface area contributed by atoms with Gasteiger partial charge in [-0.25, -0.2) is 0 Å². The second kappa shape index (κ2) is 12.2. The molecule has 2 aromatic carbocycles. The molecule has 0 unspecified atom stereocenters. The largest absolute Gasteiger partial charge is 0.508 e. The van der Waals surface area contributed by atoms with Crippen molar-refractivity contribution < 1.29 is 24.6 Å². The number of carbonyl (C=O) groups excluding carboxylic acids is 3. The number of rotatable bonds is 9. The van der Waals surface area contributed by atoms with Crippen LogP contribution in [0.1, 0.15) is 60.5 Å². The third-order valence-corrected chi connectivity index (χ3v) is 9.24. The predicted octanol–water partition coefficient (Wildman–Crippen LogP) is 3.14. The average molecular weight is 540 g/mol. The molecule has 9 heteroatoms. The Morgan fingerprint density at radius 2 is 1.82 bits per heavy atom. The van der Waals surface area contributed by atoms with Crippen LogP contribution in [0.4, 0.5) is 0 Å². The van der Waals surface area contributed by atoms with Crippen LogP contribution in [0.15, 0.2) is 48.5 Å². The molecule has 2 aliphatic rings. The van der Waals surface area contributed by atoms with Gasteiger partial charge in [0.2, 0.25) is 5.91 Å². The minimum absolute atomic E-state index is 0.00855. The van der Waals surface area contributed by atoms with Crippen LogP contribution in [0, 0.1) is 6.92 Å². The molecule has 1 spiro atoms. The molecule has 2 aromatic rings. The van der Waals surface area contributed by atoms with Gasteiger partial charge in [-0.2, -0.15) is 0 Å². The highest BCUT2D eigenvalue weighted by Crippen LogP contribution is 2.51. The first-order chi connectivity index (χ1) is 18.3. The van der Waals surface area contributed by atoms with Crippen molar-refractivity contribution in [3.63, 3.8) is 0 Å². The van der Waals surface area contributed by atoms with Crippen LogP contribution >= 0.6 is 11.8 Å². The number of amides is 3. The number of hydrogen-bond donors (Lipinski definition) is 4. The maximum absolute atomic E-state index is 13.8. The Morgan fingerprint density at radius 1 is 1.11 bits per heavy atom. The lowest BCUT2D eigenvalue weighted by molar-refractivity contribution is -0.147. The van der Waals surface area contributed by atoms with Gasteiger partial charge in [0.15, 0.2) is 6.10 Å². The Labute approximate surface area is 228 Å². The molecule has 1 saturated carbocycles. The van der Waals surface area contributed by atoms with Crippen molar-refractivity contribution in [3.8, 4) is 5.75 Å². The van der Waals surface area contributed by atoms with Crippen LogP contribution in [-0.4, -0.2) is 68.2 Å². The van der Waals surface area contributed by atoms with E-state index in [1.165, 1.54) is 11.0 Å². The summed E-state index contributed by atoms with van der Waals surface area (Å²) in [4.78, 5) is 41.9. The molecule has 204 valence electrons. The number of aromatic hydroxyl groups is 1. The van der Waals surface area contributed by atoms with E-state index >= 15 is 0 Å². The van der Waals surface area contributed by atoms with Gasteiger partial charge in [-0.15, -0.1) is 11.8 Å². The summed E-state index contributed by atoms with van der Waals surface area (Å²) in [6.07, 6.45) is 3.16. The highest BCUT2D eigenvalue weighted by Gasteiger charge is 2.55. The van der Waals surface area contributed by atoms with E-state index in [2.05, 4.69) is 10.6 Å². The molecule has 0 aromatic heterocycles. The van der Waals surface area contributed by atoms with Crippen molar-refractivity contribution in [2.45, 2.75) is 75.3 Å². The Kier molecular flexibility index (Phi) is 8.99. The Bertz CT molecular complexity index is 1150. The van der Waals surface area contributed by atoms with Crippen molar-refractivity contribution >= 4 is 29.5 Å². The normalized spacial score (nSPS) is 19.8. The maximum Gasteiger partial charge on any atom is 0.254 e. The zero-order valence-corrected chi connectivity index (χ0v) is 22.8. The second-order valence-corrected chi connectivity index (χ2v) is 11.6. The van der Waals surface area contributed by atoms with Gasteiger partial charge in [0.25, 0.3) is 11.8 Å². The lowest BCUT2D eigenvalue weighted by atomic mass is 9.93. The van der Waals surface area contributed by atoms with Gasteiger partial charge in [-0.1, -0.05) is 56.2 Å². The SMILES string of the molecule is CCCNC(=O)[C@H]1N(C(=O)[C@@H](O)[C@H](Cc2ccccc2)NC(=O)c2cccc(O)c2C)CSC12CCCC2. The first-order valence-corrected chi connectivity index (χ1v) is 14.3. The fourth-order valence-electron chi connectivity index (χ4n) is 5.51. The van der Waals surface area contributed by atoms with E-state index in [9.17, 15) is 24.6 Å². The summed E-state index contributed by atoms with van der Waals surface area (Å²) in [7, 11) is 0. The summed E-state index contributed by atoms with van der Waals surface area (Å²) in [6.45, 7) is 4.14. The Morgan fingerprint density at radius 3 is 2.50 bits per heavy atom. The molecule has 38 heavy (non-hydrogen) atoms. The molecule has 1 saturated heterocycles. The molecule has 8 nitrogen and oxygen atoms in total. The van der Waals surface area contributed by atoms with Gasteiger partial charge in [0.1, 0.15) is 11.8 Å². The standard InChI is InChI=1S/C29H37N3O5S/c1-3-16-30-27(36)25-29(14-7-8-15-29)38-18-32(25)28(37)24(34)22(17-20-10-5-4-6-11-20)31-26(35)21-12-9-13-23(33)19(21)2/h4-6,9-13,22,24-25,33-34H,3,7-8,14-18H2,1-2H3,(H,30,36)(H,31,35)/t22-,24-,25+/m0/s1. The van der Waals surface area contributed by atoms with E-state index in [4.69, 9.17) is 0 Å². The predicted molar refractivity (Wildman–Crippen MR) is 148 cm³/mol. The third kappa shape index (κ3) is 5.83. The van der Waals surface area contributed by atoms with Crippen LogP contribution in [0.25, 0.3) is 0 Å². The molecule has 3 atom stereocenters. The van der Waals surface area contributed by atoms with Gasteiger partial charge < -0.3 is 25.7 Å². The summed E-state index contributed by atoms with van der Waals surface area (Å²) in [5, 5.41) is 27.3. The van der Waals surface area contributed by atoms with Crippen molar-refractivity contribution in [2.24, 2.45) is 0 Å². The number of phenols is 1. The second-order valence-electron chi connectivity index (χ2n) is 10.2. The number of nitrogens with one attached hydrogen (secondary N) is 2. The number of hydrogen-bond acceptors (Lipinski definition) is 6. The molecule has 0 radical (unpaired) electrons. The topological polar surface area (TPSA) is 119 Å². The van der Waals surface area contributed by atoms with Gasteiger partial charge in [0.05, 0.1) is 11.9 Å². The molecular weight excluding hydrogens is 502 g/mol. The highest BCUT2D eigenvalue weighted by atomic mass is 32.2. The van der Waals surface area contributed by atoms with E-state index in [0.29, 0.717) is 18.0 Å². The van der Waals surface area contributed by atoms with E-state index in [0.717, 1.165) is 37.7 Å². The third-order valence-electron chi connectivity index (χ3n) is 7.63. The lowest BCUT2D eigenvalue weighted by Crippen LogP contribution is -2.59. The number of aliphatic hydroxyl groups is 1. The number of benzene rings is 2. The maximum atomic E-state index is 13.8. The van der Waals surface area contributed by atoms with E-state index in [-0.39, 0.29) is 28.4 Å². The van der Waals surface area contributed by atoms with Gasteiger partial charge in [-0.05, 0) is 50.3 Å². The summed E-state index contributed by atoms with van der Waals surface area (Å²) in [5.74, 6) is -0.931. The van der Waals surface area contributed by atoms with Crippen LogP contribution in [0.3, 0.4) is 0 Å². The van der Waals surface area contributed by atoms with Crippen molar-refractivity contribution in [2.75, 3.05) is 12.4 Å². The minimum Gasteiger partial charge on any atom is -0.508 e. The Balaban J connectivity index is 1.60. The van der Waals surface area contributed by atoms with Gasteiger partial charge in [-0.3, -0.25) is 14.4 Å². The monoisotopic (exact) mass is 539 g/mol. The van der Waals surface area contributed by atoms with Gasteiger partial charge >= 0.3 is 0 Å². The quantitative estimate of drug-likeness (QED) is 0.389. The van der Waals surface area contributed by atoms with Crippen molar-refractivity contribution in [1.29, 1.82) is 0 Å².